The van der Waals surface area contributed by atoms with Crippen LogP contribution in [0.3, 0.4) is 0 Å². The van der Waals surface area contributed by atoms with Crippen molar-refractivity contribution in [3.8, 4) is 11.5 Å². The molecule has 2 aromatic rings. The molecule has 2 N–H and O–H groups in total. The van der Waals surface area contributed by atoms with Crippen LogP contribution in [-0.2, 0) is 12.8 Å². The molecule has 0 fully saturated rings. The first-order chi connectivity index (χ1) is 13.4. The third-order valence-electron chi connectivity index (χ3n) is 4.28. The Balaban J connectivity index is 2.04. The maximum atomic E-state index is 10.1. The molecule has 0 saturated heterocycles. The zero-order valence-corrected chi connectivity index (χ0v) is 18.5. The monoisotopic (exact) mass is 394 g/mol. The van der Waals surface area contributed by atoms with Crippen LogP contribution in [-0.4, -0.2) is 29.3 Å². The lowest BCUT2D eigenvalue weighted by molar-refractivity contribution is 0.410. The summed E-state index contributed by atoms with van der Waals surface area (Å²) in [7, 11) is 0. The average molecular weight is 395 g/mol. The summed E-state index contributed by atoms with van der Waals surface area (Å²) in [4.78, 5) is 8.60. The largest absolute Gasteiger partial charge is 0.507 e. The number of hydrogen-bond donors (Lipinski definition) is 2. The normalized spacial score (nSPS) is 12.9. The fourth-order valence-corrected chi connectivity index (χ4v) is 3.18. The second-order valence-corrected chi connectivity index (χ2v) is 10.0. The molecule has 0 aliphatic heterocycles. The lowest BCUT2D eigenvalue weighted by Gasteiger charge is -2.18. The fourth-order valence-electron chi connectivity index (χ4n) is 3.18. The van der Waals surface area contributed by atoms with Gasteiger partial charge in [0.05, 0.1) is 0 Å². The van der Waals surface area contributed by atoms with E-state index in [4.69, 9.17) is 0 Å². The highest BCUT2D eigenvalue weighted by atomic mass is 16.3. The van der Waals surface area contributed by atoms with Crippen LogP contribution in [0.1, 0.15) is 63.8 Å². The Morgan fingerprint density at radius 3 is 1.41 bits per heavy atom. The van der Waals surface area contributed by atoms with Gasteiger partial charge in [0.1, 0.15) is 18.2 Å². The average Bonchev–Trinajstić information content (AvgIpc) is 2.57. The number of nitrogens with zero attached hydrogens (tertiary/aromatic N) is 2. The van der Waals surface area contributed by atoms with E-state index in [-0.39, 0.29) is 29.0 Å². The van der Waals surface area contributed by atoms with Crippen LogP contribution < -0.4 is 0 Å². The highest BCUT2D eigenvalue weighted by Crippen LogP contribution is 2.25. The van der Waals surface area contributed by atoms with Gasteiger partial charge < -0.3 is 10.2 Å². The number of phenolic OH excluding ortho intramolecular Hbond substituents is 2. The van der Waals surface area contributed by atoms with Crippen LogP contribution in [0.4, 0.5) is 0 Å². The number of aliphatic imine (C=N–C) groups is 2. The smallest absolute Gasteiger partial charge is 0.129 e. The molecule has 0 heterocycles. The minimum Gasteiger partial charge on any atom is -0.507 e. The van der Waals surface area contributed by atoms with Gasteiger partial charge in [-0.15, -0.1) is 0 Å². The summed E-state index contributed by atoms with van der Waals surface area (Å²) in [5.74, 6) is 0.422. The third-order valence-corrected chi connectivity index (χ3v) is 4.28. The predicted octanol–water partition coefficient (Wildman–Crippen LogP) is 5.77. The zero-order valence-electron chi connectivity index (χ0n) is 18.5. The Hall–Kier alpha value is -2.62. The molecule has 0 amide bonds. The number of hydrogen-bond acceptors (Lipinski definition) is 4. The van der Waals surface area contributed by atoms with Crippen LogP contribution >= 0.6 is 0 Å². The Morgan fingerprint density at radius 2 is 1.07 bits per heavy atom. The van der Waals surface area contributed by atoms with E-state index in [9.17, 15) is 10.2 Å². The van der Waals surface area contributed by atoms with Crippen molar-refractivity contribution in [3.05, 3.63) is 58.7 Å². The molecule has 0 aliphatic carbocycles. The number of benzene rings is 2. The molecule has 29 heavy (non-hydrogen) atoms. The first kappa shape index (κ1) is 22.7. The molecule has 0 unspecified atom stereocenters. The van der Waals surface area contributed by atoms with Crippen LogP contribution in [0.25, 0.3) is 0 Å². The Labute approximate surface area is 175 Å². The van der Waals surface area contributed by atoms with Crippen molar-refractivity contribution >= 4 is 12.4 Å². The summed E-state index contributed by atoms with van der Waals surface area (Å²) in [6.45, 7) is 13.4. The number of rotatable bonds is 6. The highest BCUT2D eigenvalue weighted by Gasteiger charge is 2.13. The summed E-state index contributed by atoms with van der Waals surface area (Å²) < 4.78 is 0. The summed E-state index contributed by atoms with van der Waals surface area (Å²) in [5.41, 5.74) is 4.08. The van der Waals surface area contributed by atoms with Gasteiger partial charge in [-0.2, -0.15) is 0 Å². The molecule has 0 bridgehead atoms. The second-order valence-electron chi connectivity index (χ2n) is 10.0. The number of phenols is 2. The molecular formula is C25H34N2O2. The Kier molecular flexibility index (Phi) is 7.23. The SMILES string of the molecule is CC(C)(C)Cc1ccc(O)c(C=NCN=Cc2cc(CC(C)(C)C)ccc2O)c1. The van der Waals surface area contributed by atoms with Crippen LogP contribution in [0.2, 0.25) is 0 Å². The van der Waals surface area contributed by atoms with E-state index in [1.54, 1.807) is 24.6 Å². The van der Waals surface area contributed by atoms with Gasteiger partial charge in [-0.1, -0.05) is 53.7 Å². The van der Waals surface area contributed by atoms with Gasteiger partial charge in [0.25, 0.3) is 0 Å². The van der Waals surface area contributed by atoms with E-state index in [1.165, 1.54) is 11.1 Å². The van der Waals surface area contributed by atoms with Gasteiger partial charge in [-0.3, -0.25) is 9.98 Å². The molecule has 0 atom stereocenters. The molecular weight excluding hydrogens is 360 g/mol. The summed E-state index contributed by atoms with van der Waals surface area (Å²) in [5, 5.41) is 20.1. The van der Waals surface area contributed by atoms with Crippen LogP contribution in [0, 0.1) is 10.8 Å². The first-order valence-corrected chi connectivity index (χ1v) is 10.1. The Morgan fingerprint density at radius 1 is 0.690 bits per heavy atom. The minimum absolute atomic E-state index is 0.180. The molecule has 4 heteroatoms. The predicted molar refractivity (Wildman–Crippen MR) is 123 cm³/mol. The maximum absolute atomic E-state index is 10.1. The molecule has 0 aromatic heterocycles. The van der Waals surface area contributed by atoms with E-state index < -0.39 is 0 Å². The molecule has 0 radical (unpaired) electrons. The maximum Gasteiger partial charge on any atom is 0.129 e. The van der Waals surface area contributed by atoms with Gasteiger partial charge in [-0.25, -0.2) is 0 Å². The van der Waals surface area contributed by atoms with E-state index in [0.29, 0.717) is 11.1 Å². The van der Waals surface area contributed by atoms with E-state index >= 15 is 0 Å². The fraction of sp³-hybridized carbons (Fsp3) is 0.440. The molecule has 0 spiro atoms. The number of aromatic hydroxyl groups is 2. The van der Waals surface area contributed by atoms with Crippen LogP contribution in [0.15, 0.2) is 46.4 Å². The minimum atomic E-state index is 0.180. The molecule has 156 valence electrons. The highest BCUT2D eigenvalue weighted by molar-refractivity contribution is 5.85. The first-order valence-electron chi connectivity index (χ1n) is 10.1. The molecule has 4 nitrogen and oxygen atoms in total. The van der Waals surface area contributed by atoms with Crippen molar-refractivity contribution in [2.45, 2.75) is 54.4 Å². The third kappa shape index (κ3) is 8.10. The van der Waals surface area contributed by atoms with Gasteiger partial charge in [0.2, 0.25) is 0 Å². The van der Waals surface area contributed by atoms with Gasteiger partial charge in [0, 0.05) is 23.6 Å². The summed E-state index contributed by atoms with van der Waals surface area (Å²) >= 11 is 0. The van der Waals surface area contributed by atoms with E-state index in [2.05, 4.69) is 51.5 Å². The lowest BCUT2D eigenvalue weighted by atomic mass is 9.87. The van der Waals surface area contributed by atoms with Crippen molar-refractivity contribution in [1.29, 1.82) is 0 Å². The topological polar surface area (TPSA) is 65.2 Å². The van der Waals surface area contributed by atoms with Crippen molar-refractivity contribution in [3.63, 3.8) is 0 Å². The van der Waals surface area contributed by atoms with Crippen molar-refractivity contribution in [2.24, 2.45) is 20.8 Å². The van der Waals surface area contributed by atoms with Crippen molar-refractivity contribution in [2.75, 3.05) is 6.67 Å². The quantitative estimate of drug-likeness (QED) is 0.611. The zero-order chi connectivity index (χ0) is 21.7. The van der Waals surface area contributed by atoms with Gasteiger partial charge >= 0.3 is 0 Å². The molecule has 2 aromatic carbocycles. The molecule has 0 saturated carbocycles. The Bertz CT molecular complexity index is 811. The van der Waals surface area contributed by atoms with E-state index in [1.807, 2.05) is 24.3 Å². The standard InChI is InChI=1S/C25H34N2O2/c1-24(2,3)13-18-7-9-22(28)20(11-18)15-26-17-27-16-21-12-19(8-10-23(21)29)14-25(4,5)6/h7-12,15-16,28-29H,13-14,17H2,1-6H3. The van der Waals surface area contributed by atoms with Crippen LogP contribution in [0.5, 0.6) is 11.5 Å². The van der Waals surface area contributed by atoms with Gasteiger partial charge in [-0.05, 0) is 59.1 Å². The summed E-state index contributed by atoms with van der Waals surface area (Å²) in [6.07, 6.45) is 5.15. The van der Waals surface area contributed by atoms with Crippen molar-refractivity contribution in [1.82, 2.24) is 0 Å². The molecule has 2 rings (SSSR count). The molecule has 0 aliphatic rings. The second kappa shape index (κ2) is 9.25. The van der Waals surface area contributed by atoms with E-state index in [0.717, 1.165) is 12.8 Å². The van der Waals surface area contributed by atoms with Gasteiger partial charge in [0.15, 0.2) is 0 Å². The summed E-state index contributed by atoms with van der Waals surface area (Å²) in [6, 6.07) is 11.3. The van der Waals surface area contributed by atoms with Crippen molar-refractivity contribution < 1.29 is 10.2 Å². The lowest BCUT2D eigenvalue weighted by Crippen LogP contribution is -2.09.